The van der Waals surface area contributed by atoms with E-state index in [4.69, 9.17) is 19.7 Å². The molecule has 10 aromatic rings. The van der Waals surface area contributed by atoms with E-state index in [1.165, 1.54) is 19.6 Å². The van der Waals surface area contributed by atoms with E-state index in [0.717, 1.165) is 79.5 Å². The van der Waals surface area contributed by atoms with Crippen LogP contribution in [0.5, 0.6) is 5.75 Å². The summed E-state index contributed by atoms with van der Waals surface area (Å²) in [6.07, 6.45) is 6.85. The molecule has 2 N–H and O–H groups in total. The van der Waals surface area contributed by atoms with Gasteiger partial charge in [0, 0.05) is 58.8 Å². The number of ketones is 2. The number of rotatable bonds is 12. The molecule has 10 rings (SSSR count). The van der Waals surface area contributed by atoms with Crippen LogP contribution in [0.2, 0.25) is 0 Å². The monoisotopic (exact) mass is 861 g/mol. The number of benzene rings is 2. The maximum atomic E-state index is 11.8. The molecule has 0 saturated carbocycles. The van der Waals surface area contributed by atoms with E-state index in [9.17, 15) is 9.59 Å². The zero-order valence-corrected chi connectivity index (χ0v) is 36.3. The number of imidazole rings is 2. The number of ether oxygens (including phenoxy) is 1. The predicted molar refractivity (Wildman–Crippen MR) is 246 cm³/mol. The second kappa shape index (κ2) is 18.0. The second-order valence-electron chi connectivity index (χ2n) is 15.4. The fourth-order valence-corrected chi connectivity index (χ4v) is 7.29. The minimum Gasteiger partial charge on any atom is -0.486 e. The number of aryl methyl sites for hydroxylation is 2. The van der Waals surface area contributed by atoms with E-state index in [0.29, 0.717) is 29.2 Å². The van der Waals surface area contributed by atoms with Crippen molar-refractivity contribution in [2.24, 2.45) is 0 Å². The van der Waals surface area contributed by atoms with Crippen molar-refractivity contribution >= 4 is 28.5 Å². The number of H-pyrrole nitrogens is 2. The molecule has 8 aromatic heterocycles. The molecule has 0 fully saturated rings. The Morgan fingerprint density at radius 2 is 1.14 bits per heavy atom. The number of hydrogen-bond acceptors (Lipinski definition) is 12. The largest absolute Gasteiger partial charge is 0.486 e. The summed E-state index contributed by atoms with van der Waals surface area (Å²) >= 11 is 0. The third kappa shape index (κ3) is 9.27. The average Bonchev–Trinajstić information content (AvgIpc) is 4.15. The number of carbonyl (C=O) groups is 2. The minimum absolute atomic E-state index is 0.00736. The molecule has 0 spiro atoms. The summed E-state index contributed by atoms with van der Waals surface area (Å²) < 4.78 is 9.35. The Hall–Kier alpha value is -8.66. The van der Waals surface area contributed by atoms with Crippen LogP contribution in [-0.4, -0.2) is 77.7 Å². The van der Waals surface area contributed by atoms with Crippen LogP contribution in [0, 0.1) is 13.8 Å². The van der Waals surface area contributed by atoms with E-state index in [1.54, 1.807) is 34.2 Å². The van der Waals surface area contributed by atoms with Crippen LogP contribution in [0.25, 0.3) is 56.6 Å². The smallest absolute Gasteiger partial charge is 0.159 e. The first-order valence-corrected chi connectivity index (χ1v) is 20.8. The Bertz CT molecular complexity index is 3340. The molecule has 0 saturated heterocycles. The van der Waals surface area contributed by atoms with Crippen LogP contribution < -0.4 is 9.64 Å². The summed E-state index contributed by atoms with van der Waals surface area (Å²) in [6.45, 7) is 7.78. The Labute approximate surface area is 373 Å². The Morgan fingerprint density at radius 3 is 1.71 bits per heavy atom. The molecule has 65 heavy (non-hydrogen) atoms. The average molecular weight is 862 g/mol. The number of anilines is 1. The van der Waals surface area contributed by atoms with Gasteiger partial charge in [0.15, 0.2) is 22.9 Å². The zero-order chi connectivity index (χ0) is 45.0. The number of nitrogens with zero attached hydrogens (tertiary/aromatic N) is 11. The molecule has 0 amide bonds. The van der Waals surface area contributed by atoms with Gasteiger partial charge in [-0.3, -0.25) is 19.6 Å². The van der Waals surface area contributed by atoms with Crippen LogP contribution in [0.15, 0.2) is 134 Å². The molecule has 0 atom stereocenters. The first-order valence-electron chi connectivity index (χ1n) is 20.8. The summed E-state index contributed by atoms with van der Waals surface area (Å²) in [5.74, 6) is 2.08. The third-order valence-electron chi connectivity index (χ3n) is 10.6. The number of carbonyl (C=O) groups excluding carboxylic acids is 2. The van der Waals surface area contributed by atoms with Crippen molar-refractivity contribution in [2.45, 2.75) is 40.8 Å². The topological polar surface area (TPSA) is 190 Å². The van der Waals surface area contributed by atoms with Gasteiger partial charge in [0.1, 0.15) is 36.7 Å². The Balaban J connectivity index is 0.000000164. The lowest BCUT2D eigenvalue weighted by molar-refractivity contribution is 0.100. The molecule has 0 aliphatic carbocycles. The molecule has 2 aromatic carbocycles. The number of aromatic amines is 2. The number of nitrogens with one attached hydrogen (secondary N) is 2. The lowest BCUT2D eigenvalue weighted by atomic mass is 10.1. The van der Waals surface area contributed by atoms with Gasteiger partial charge < -0.3 is 19.6 Å². The molecule has 0 aliphatic heterocycles. The van der Waals surface area contributed by atoms with Gasteiger partial charge in [0.25, 0.3) is 0 Å². The third-order valence-corrected chi connectivity index (χ3v) is 10.6. The van der Waals surface area contributed by atoms with Gasteiger partial charge in [-0.2, -0.15) is 10.2 Å². The standard InChI is InChI=1S/C25H23N7O.C24H20N6O2/c1-16-6-4-9-21(28-16)25-24(19-10-11-23-26-15-27-32(23)13-19)29-22(30-25)14-31(3)20-8-5-7-18(12-20)17(2)33;1-15-5-3-8-20(27-15)24-23(18-9-10-22-25-14-26-30(22)12-18)28-21(29-24)13-32-19-7-4-6-17(11-19)16(2)31/h4-13,15H,14H2,1-3H3,(H,29,30);3-12,14H,13H2,1-2H3,(H,28,29). The van der Waals surface area contributed by atoms with Crippen molar-refractivity contribution in [3.05, 3.63) is 168 Å². The molecular weight excluding hydrogens is 819 g/mol. The van der Waals surface area contributed by atoms with Crippen LogP contribution >= 0.6 is 0 Å². The number of pyridine rings is 4. The molecule has 8 heterocycles. The van der Waals surface area contributed by atoms with Gasteiger partial charge in [-0.1, -0.05) is 36.4 Å². The van der Waals surface area contributed by atoms with Gasteiger partial charge in [0.05, 0.1) is 40.7 Å². The summed E-state index contributed by atoms with van der Waals surface area (Å²) in [7, 11) is 1.98. The second-order valence-corrected chi connectivity index (χ2v) is 15.4. The van der Waals surface area contributed by atoms with Crippen molar-refractivity contribution in [1.82, 2.24) is 59.1 Å². The van der Waals surface area contributed by atoms with E-state index in [2.05, 4.69) is 40.0 Å². The zero-order valence-electron chi connectivity index (χ0n) is 36.3. The van der Waals surface area contributed by atoms with Gasteiger partial charge >= 0.3 is 0 Å². The van der Waals surface area contributed by atoms with Crippen molar-refractivity contribution in [2.75, 3.05) is 11.9 Å². The normalized spacial score (nSPS) is 11.1. The highest BCUT2D eigenvalue weighted by molar-refractivity contribution is 5.95. The van der Waals surface area contributed by atoms with Crippen LogP contribution in [-0.2, 0) is 13.2 Å². The Kier molecular flexibility index (Phi) is 11.5. The maximum absolute atomic E-state index is 11.8. The summed E-state index contributed by atoms with van der Waals surface area (Å²) in [6, 6.07) is 34.3. The molecule has 0 aliphatic rings. The van der Waals surface area contributed by atoms with Crippen molar-refractivity contribution in [1.29, 1.82) is 0 Å². The number of aromatic nitrogens is 12. The van der Waals surface area contributed by atoms with Crippen molar-refractivity contribution in [3.63, 3.8) is 0 Å². The van der Waals surface area contributed by atoms with Gasteiger partial charge in [-0.05, 0) is 100 Å². The van der Waals surface area contributed by atoms with Crippen LogP contribution in [0.4, 0.5) is 5.69 Å². The molecule has 322 valence electrons. The molecular formula is C49H43N13O3. The van der Waals surface area contributed by atoms with Gasteiger partial charge in [0.2, 0.25) is 0 Å². The lowest BCUT2D eigenvalue weighted by Gasteiger charge is -2.18. The number of fused-ring (bicyclic) bond motifs is 2. The molecule has 16 nitrogen and oxygen atoms in total. The summed E-state index contributed by atoms with van der Waals surface area (Å²) in [4.78, 5) is 59.9. The quantitative estimate of drug-likeness (QED) is 0.111. The predicted octanol–water partition coefficient (Wildman–Crippen LogP) is 8.60. The molecule has 16 heteroatoms. The van der Waals surface area contributed by atoms with Gasteiger partial charge in [-0.15, -0.1) is 0 Å². The molecule has 0 radical (unpaired) electrons. The van der Waals surface area contributed by atoms with Crippen molar-refractivity contribution < 1.29 is 14.3 Å². The van der Waals surface area contributed by atoms with Crippen LogP contribution in [0.1, 0.15) is 57.6 Å². The lowest BCUT2D eigenvalue weighted by Crippen LogP contribution is -2.17. The highest BCUT2D eigenvalue weighted by Gasteiger charge is 2.19. The highest BCUT2D eigenvalue weighted by atomic mass is 16.5. The minimum atomic E-state index is -0.00736. The Morgan fingerprint density at radius 1 is 0.615 bits per heavy atom. The summed E-state index contributed by atoms with van der Waals surface area (Å²) in [5.41, 5.74) is 12.2. The molecule has 0 bridgehead atoms. The highest BCUT2D eigenvalue weighted by Crippen LogP contribution is 2.32. The van der Waals surface area contributed by atoms with Gasteiger partial charge in [-0.25, -0.2) is 29.0 Å². The maximum Gasteiger partial charge on any atom is 0.159 e. The van der Waals surface area contributed by atoms with E-state index < -0.39 is 0 Å². The first-order chi connectivity index (χ1) is 31.5. The number of hydrogen-bond donors (Lipinski definition) is 2. The fourth-order valence-electron chi connectivity index (χ4n) is 7.29. The van der Waals surface area contributed by atoms with Crippen LogP contribution in [0.3, 0.4) is 0 Å². The van der Waals surface area contributed by atoms with E-state index >= 15 is 0 Å². The fraction of sp³-hybridized carbons (Fsp3) is 0.143. The van der Waals surface area contributed by atoms with Crippen molar-refractivity contribution in [3.8, 4) is 51.0 Å². The molecule has 0 unspecified atom stereocenters. The first kappa shape index (κ1) is 41.7. The van der Waals surface area contributed by atoms with E-state index in [-0.39, 0.29) is 18.2 Å². The SMILES string of the molecule is CC(=O)c1cccc(N(C)Cc2nc(-c3ccc4ncnn4c3)c(-c3cccc(C)n3)[nH]2)c1.CC(=O)c1cccc(OCc2nc(-c3ccc4ncnn4c3)c(-c3cccc(C)n3)[nH]2)c1. The number of Topliss-reactive ketones (excluding diaryl/α,β-unsaturated/α-hetero) is 2. The van der Waals surface area contributed by atoms with E-state index in [1.807, 2.05) is 124 Å². The summed E-state index contributed by atoms with van der Waals surface area (Å²) in [5, 5.41) is 8.48.